The zero-order valence-electron chi connectivity index (χ0n) is 9.41. The predicted octanol–water partition coefficient (Wildman–Crippen LogP) is 0.499. The van der Waals surface area contributed by atoms with E-state index in [2.05, 4.69) is 5.32 Å². The maximum absolute atomic E-state index is 10.8. The van der Waals surface area contributed by atoms with Crippen molar-refractivity contribution in [1.29, 1.82) is 0 Å². The molecule has 0 aromatic heterocycles. The number of hydrogen-bond donors (Lipinski definition) is 3. The van der Waals surface area contributed by atoms with Crippen LogP contribution >= 0.6 is 0 Å². The Morgan fingerprint density at radius 3 is 2.65 bits per heavy atom. The predicted molar refractivity (Wildman–Crippen MR) is 62.7 cm³/mol. The topological polar surface area (TPSA) is 72.8 Å². The number of β-amino-alcohol motifs (C(OH)–C–C–N with tert-alkyl or cyclic N) is 1. The fraction of sp³-hybridized carbons (Fsp3) is 0.417. The summed E-state index contributed by atoms with van der Waals surface area (Å²) in [7, 11) is 0. The van der Waals surface area contributed by atoms with Crippen molar-refractivity contribution < 1.29 is 15.0 Å². The smallest absolute Gasteiger partial charge is 0.407 e. The molecule has 0 spiro atoms. The third-order valence-electron chi connectivity index (χ3n) is 2.97. The highest BCUT2D eigenvalue weighted by Gasteiger charge is 2.33. The molecule has 1 saturated heterocycles. The summed E-state index contributed by atoms with van der Waals surface area (Å²) >= 11 is 0. The summed E-state index contributed by atoms with van der Waals surface area (Å²) in [6.45, 7) is 1.15. The molecule has 1 aromatic rings. The number of nitrogens with one attached hydrogen (secondary N) is 1. The lowest BCUT2D eigenvalue weighted by molar-refractivity contribution is 0.136. The fourth-order valence-corrected chi connectivity index (χ4v) is 1.99. The molecular weight excluding hydrogens is 220 g/mol. The van der Waals surface area contributed by atoms with Crippen LogP contribution in [0.15, 0.2) is 30.3 Å². The number of nitrogens with zero attached hydrogens (tertiary/aromatic N) is 1. The van der Waals surface area contributed by atoms with Crippen LogP contribution in [0.2, 0.25) is 0 Å². The van der Waals surface area contributed by atoms with E-state index in [0.29, 0.717) is 13.1 Å². The second-order valence-corrected chi connectivity index (χ2v) is 4.23. The summed E-state index contributed by atoms with van der Waals surface area (Å²) in [5.41, 5.74) is 1.12. The molecule has 0 saturated carbocycles. The van der Waals surface area contributed by atoms with Crippen molar-refractivity contribution in [3.05, 3.63) is 35.9 Å². The van der Waals surface area contributed by atoms with Crippen molar-refractivity contribution in [2.45, 2.75) is 18.7 Å². The van der Waals surface area contributed by atoms with Gasteiger partial charge >= 0.3 is 6.09 Å². The van der Waals surface area contributed by atoms with Gasteiger partial charge in [0.1, 0.15) is 0 Å². The van der Waals surface area contributed by atoms with Gasteiger partial charge in [-0.1, -0.05) is 30.3 Å². The van der Waals surface area contributed by atoms with Crippen LogP contribution in [-0.4, -0.2) is 46.4 Å². The van der Waals surface area contributed by atoms with Crippen molar-refractivity contribution in [3.63, 3.8) is 0 Å². The number of benzene rings is 1. The molecule has 0 radical (unpaired) electrons. The molecule has 2 atom stereocenters. The number of rotatable bonds is 3. The number of aliphatic hydroxyl groups excluding tert-OH is 1. The van der Waals surface area contributed by atoms with Crippen molar-refractivity contribution >= 4 is 6.09 Å². The van der Waals surface area contributed by atoms with Gasteiger partial charge in [-0.2, -0.15) is 0 Å². The first-order valence-corrected chi connectivity index (χ1v) is 5.60. The summed E-state index contributed by atoms with van der Waals surface area (Å²) in [5.74, 6) is 0. The summed E-state index contributed by atoms with van der Waals surface area (Å²) in [4.78, 5) is 12.0. The van der Waals surface area contributed by atoms with Gasteiger partial charge in [0, 0.05) is 13.1 Å². The minimum absolute atomic E-state index is 0.182. The highest BCUT2D eigenvalue weighted by molar-refractivity contribution is 5.65. The molecular formula is C12H16N2O3. The molecule has 3 N–H and O–H groups in total. The Morgan fingerprint density at radius 1 is 1.35 bits per heavy atom. The van der Waals surface area contributed by atoms with Gasteiger partial charge in [-0.05, 0) is 5.56 Å². The summed E-state index contributed by atoms with van der Waals surface area (Å²) < 4.78 is 0. The Kier molecular flexibility index (Phi) is 3.61. The van der Waals surface area contributed by atoms with Crippen molar-refractivity contribution in [2.75, 3.05) is 13.1 Å². The van der Waals surface area contributed by atoms with E-state index in [1.807, 2.05) is 30.3 Å². The Balaban J connectivity index is 1.86. The van der Waals surface area contributed by atoms with Gasteiger partial charge < -0.3 is 20.4 Å². The van der Waals surface area contributed by atoms with Crippen LogP contribution in [0.4, 0.5) is 4.79 Å². The minimum atomic E-state index is -0.979. The first-order chi connectivity index (χ1) is 8.16. The summed E-state index contributed by atoms with van der Waals surface area (Å²) in [6.07, 6.45) is -1.61. The van der Waals surface area contributed by atoms with Crippen LogP contribution in [0.1, 0.15) is 5.56 Å². The van der Waals surface area contributed by atoms with Gasteiger partial charge in [0.15, 0.2) is 0 Å². The van der Waals surface area contributed by atoms with E-state index in [1.54, 1.807) is 0 Å². The fourth-order valence-electron chi connectivity index (χ4n) is 1.99. The van der Waals surface area contributed by atoms with E-state index < -0.39 is 12.2 Å². The molecule has 2 unspecified atom stereocenters. The van der Waals surface area contributed by atoms with E-state index in [0.717, 1.165) is 5.56 Å². The largest absolute Gasteiger partial charge is 0.465 e. The third-order valence-corrected chi connectivity index (χ3v) is 2.97. The van der Waals surface area contributed by atoms with E-state index in [9.17, 15) is 9.90 Å². The van der Waals surface area contributed by atoms with Crippen LogP contribution in [0.25, 0.3) is 0 Å². The van der Waals surface area contributed by atoms with Gasteiger partial charge in [0.25, 0.3) is 0 Å². The second-order valence-electron chi connectivity index (χ2n) is 4.23. The van der Waals surface area contributed by atoms with Gasteiger partial charge in [0.05, 0.1) is 18.7 Å². The zero-order valence-corrected chi connectivity index (χ0v) is 9.41. The minimum Gasteiger partial charge on any atom is -0.465 e. The molecule has 17 heavy (non-hydrogen) atoms. The Labute approximate surface area is 99.7 Å². The lowest BCUT2D eigenvalue weighted by Crippen LogP contribution is -2.38. The van der Waals surface area contributed by atoms with Crippen LogP contribution in [0, 0.1) is 0 Å². The normalized spacial score (nSPS) is 23.9. The number of hydrogen-bond acceptors (Lipinski definition) is 3. The van der Waals surface area contributed by atoms with Crippen molar-refractivity contribution in [3.8, 4) is 0 Å². The lowest BCUT2D eigenvalue weighted by atomic mass is 10.2. The Bertz CT molecular complexity index is 383. The Hall–Kier alpha value is -1.59. The summed E-state index contributed by atoms with van der Waals surface area (Å²) in [5, 5.41) is 21.7. The molecule has 92 valence electrons. The second kappa shape index (κ2) is 5.16. The maximum Gasteiger partial charge on any atom is 0.407 e. The number of amides is 1. The lowest BCUT2D eigenvalue weighted by Gasteiger charge is -2.15. The molecule has 5 heteroatoms. The van der Waals surface area contributed by atoms with Crippen molar-refractivity contribution in [2.24, 2.45) is 0 Å². The number of carboxylic acid groups (broad SMARTS) is 1. The number of aliphatic hydroxyl groups is 1. The van der Waals surface area contributed by atoms with Gasteiger partial charge in [-0.15, -0.1) is 0 Å². The van der Waals surface area contributed by atoms with Crippen LogP contribution in [0.5, 0.6) is 0 Å². The number of likely N-dealkylation sites (tertiary alicyclic amines) is 1. The van der Waals surface area contributed by atoms with E-state index >= 15 is 0 Å². The van der Waals surface area contributed by atoms with E-state index in [1.165, 1.54) is 4.90 Å². The Morgan fingerprint density at radius 2 is 2.06 bits per heavy atom. The van der Waals surface area contributed by atoms with Crippen molar-refractivity contribution in [1.82, 2.24) is 10.2 Å². The molecule has 2 rings (SSSR count). The first-order valence-electron chi connectivity index (χ1n) is 5.60. The highest BCUT2D eigenvalue weighted by atomic mass is 16.4. The van der Waals surface area contributed by atoms with Crippen LogP contribution in [-0.2, 0) is 6.54 Å². The monoisotopic (exact) mass is 236 g/mol. The quantitative estimate of drug-likeness (QED) is 0.714. The average molecular weight is 236 g/mol. The average Bonchev–Trinajstić information content (AvgIpc) is 2.70. The van der Waals surface area contributed by atoms with Gasteiger partial charge in [0.2, 0.25) is 0 Å². The van der Waals surface area contributed by atoms with Crippen LogP contribution < -0.4 is 5.32 Å². The first kappa shape index (κ1) is 11.9. The molecule has 5 nitrogen and oxygen atoms in total. The zero-order chi connectivity index (χ0) is 12.3. The standard InChI is InChI=1S/C12H16N2O3/c15-11-8-14(12(16)17)7-10(11)13-6-9-4-2-1-3-5-9/h1-5,10-11,13,15H,6-8H2,(H,16,17). The van der Waals surface area contributed by atoms with Gasteiger partial charge in [-0.3, -0.25) is 0 Å². The molecule has 1 aliphatic rings. The molecule has 1 fully saturated rings. The SMILES string of the molecule is O=C(O)N1CC(O)C(NCc2ccccc2)C1. The van der Waals surface area contributed by atoms with E-state index in [4.69, 9.17) is 5.11 Å². The third kappa shape index (κ3) is 2.95. The molecule has 0 bridgehead atoms. The molecule has 1 aromatic carbocycles. The maximum atomic E-state index is 10.8. The number of carbonyl (C=O) groups is 1. The molecule has 1 aliphatic heterocycles. The summed E-state index contributed by atoms with van der Waals surface area (Å²) in [6, 6.07) is 9.63. The van der Waals surface area contributed by atoms with E-state index in [-0.39, 0.29) is 12.6 Å². The molecule has 1 amide bonds. The molecule has 0 aliphatic carbocycles. The van der Waals surface area contributed by atoms with Crippen LogP contribution in [0.3, 0.4) is 0 Å². The van der Waals surface area contributed by atoms with Gasteiger partial charge in [-0.25, -0.2) is 4.79 Å². The molecule has 1 heterocycles. The highest BCUT2D eigenvalue weighted by Crippen LogP contribution is 2.11.